The molecule has 9 heteroatoms. The van der Waals surface area contributed by atoms with Gasteiger partial charge < -0.3 is 20.9 Å². The maximum atomic E-state index is 12.6. The number of para-hydroxylation sites is 1. The number of nitrogens with one attached hydrogen (secondary N) is 3. The number of hydrogen-bond acceptors (Lipinski definition) is 4. The predicted octanol–water partition coefficient (Wildman–Crippen LogP) is 2.23. The molecule has 2 amide bonds. The molecule has 182 valence electrons. The van der Waals surface area contributed by atoms with Gasteiger partial charge in [-0.1, -0.05) is 31.0 Å². The normalized spacial score (nSPS) is 21.7. The van der Waals surface area contributed by atoms with Crippen LogP contribution in [0.25, 0.3) is 0 Å². The first-order valence-corrected chi connectivity index (χ1v) is 12.0. The van der Waals surface area contributed by atoms with Crippen LogP contribution in [0.15, 0.2) is 29.3 Å². The largest absolute Gasteiger partial charge is 0.356 e. The third-order valence-electron chi connectivity index (χ3n) is 6.95. The molecule has 1 atom stereocenters. The molecule has 2 fully saturated rings. The summed E-state index contributed by atoms with van der Waals surface area (Å²) in [7, 11) is 1.77. The van der Waals surface area contributed by atoms with Crippen molar-refractivity contribution in [1.82, 2.24) is 20.4 Å². The molecular weight excluding hydrogens is 531 g/mol. The van der Waals surface area contributed by atoms with Gasteiger partial charge in [0.05, 0.1) is 0 Å². The fourth-order valence-corrected chi connectivity index (χ4v) is 5.08. The van der Waals surface area contributed by atoms with Gasteiger partial charge in [-0.15, -0.1) is 24.0 Å². The molecule has 2 aliphatic heterocycles. The number of halogens is 1. The van der Waals surface area contributed by atoms with E-state index in [-0.39, 0.29) is 41.7 Å². The lowest BCUT2D eigenvalue weighted by atomic mass is 9.90. The van der Waals surface area contributed by atoms with Gasteiger partial charge in [0.2, 0.25) is 11.8 Å². The molecule has 1 aromatic rings. The lowest BCUT2D eigenvalue weighted by Crippen LogP contribution is -2.52. The highest BCUT2D eigenvalue weighted by Gasteiger charge is 2.29. The van der Waals surface area contributed by atoms with Crippen LogP contribution < -0.4 is 16.0 Å². The van der Waals surface area contributed by atoms with Crippen LogP contribution in [0.1, 0.15) is 43.6 Å². The topological polar surface area (TPSA) is 89.1 Å². The number of carbonyl (C=O) groups excluding carboxylic acids is 2. The van der Waals surface area contributed by atoms with Crippen molar-refractivity contribution >= 4 is 47.4 Å². The molecule has 1 aromatic carbocycles. The summed E-state index contributed by atoms with van der Waals surface area (Å²) in [6.07, 6.45) is 5.04. The van der Waals surface area contributed by atoms with Crippen molar-refractivity contribution in [2.24, 2.45) is 10.9 Å². The minimum absolute atomic E-state index is 0. The summed E-state index contributed by atoms with van der Waals surface area (Å²) >= 11 is 0. The summed E-state index contributed by atoms with van der Waals surface area (Å²) in [6.45, 7) is 5.90. The second-order valence-corrected chi connectivity index (χ2v) is 9.06. The summed E-state index contributed by atoms with van der Waals surface area (Å²) in [5.74, 6) is 1.60. The Morgan fingerprint density at radius 3 is 2.58 bits per heavy atom. The second kappa shape index (κ2) is 12.5. The fourth-order valence-electron chi connectivity index (χ4n) is 5.08. The van der Waals surface area contributed by atoms with Crippen molar-refractivity contribution in [2.45, 2.75) is 38.0 Å². The number of nitrogens with zero attached hydrogens (tertiary/aromatic N) is 3. The van der Waals surface area contributed by atoms with Crippen LogP contribution in [0.3, 0.4) is 0 Å². The van der Waals surface area contributed by atoms with E-state index < -0.39 is 0 Å². The number of piperazine rings is 1. The van der Waals surface area contributed by atoms with Crippen LogP contribution >= 0.6 is 24.0 Å². The van der Waals surface area contributed by atoms with Gasteiger partial charge in [-0.05, 0) is 24.5 Å². The first-order chi connectivity index (χ1) is 15.6. The van der Waals surface area contributed by atoms with Gasteiger partial charge >= 0.3 is 0 Å². The average Bonchev–Trinajstić information content (AvgIpc) is 3.36. The van der Waals surface area contributed by atoms with Crippen molar-refractivity contribution in [3.8, 4) is 0 Å². The quantitative estimate of drug-likeness (QED) is 0.279. The molecule has 3 aliphatic rings. The molecule has 0 bridgehead atoms. The van der Waals surface area contributed by atoms with E-state index in [1.807, 2.05) is 18.2 Å². The summed E-state index contributed by atoms with van der Waals surface area (Å²) in [5, 5.41) is 9.71. The molecule has 8 nitrogen and oxygen atoms in total. The molecule has 3 N–H and O–H groups in total. The average molecular weight is 569 g/mol. The molecule has 2 heterocycles. The number of benzene rings is 1. The van der Waals surface area contributed by atoms with Crippen molar-refractivity contribution < 1.29 is 9.59 Å². The van der Waals surface area contributed by atoms with Gasteiger partial charge in [-0.3, -0.25) is 19.5 Å². The van der Waals surface area contributed by atoms with E-state index in [0.29, 0.717) is 18.9 Å². The number of aliphatic imine (C=N–C) groups is 1. The number of rotatable bonds is 6. The van der Waals surface area contributed by atoms with Crippen LogP contribution in [0.4, 0.5) is 5.69 Å². The summed E-state index contributed by atoms with van der Waals surface area (Å²) in [4.78, 5) is 33.4. The predicted molar refractivity (Wildman–Crippen MR) is 142 cm³/mol. The van der Waals surface area contributed by atoms with Crippen LogP contribution in [0.2, 0.25) is 0 Å². The lowest BCUT2D eigenvalue weighted by Gasteiger charge is -2.36. The highest BCUT2D eigenvalue weighted by molar-refractivity contribution is 14.0. The zero-order valence-electron chi connectivity index (χ0n) is 19.5. The third kappa shape index (κ3) is 6.81. The number of carbonyl (C=O) groups is 2. The van der Waals surface area contributed by atoms with E-state index in [9.17, 15) is 9.59 Å². The number of hydrogen-bond donors (Lipinski definition) is 3. The van der Waals surface area contributed by atoms with Crippen LogP contribution in [0, 0.1) is 5.92 Å². The van der Waals surface area contributed by atoms with E-state index in [0.717, 1.165) is 63.8 Å². The smallest absolute Gasteiger partial charge is 0.225 e. The Bertz CT molecular complexity index is 834. The first kappa shape index (κ1) is 25.7. The van der Waals surface area contributed by atoms with Crippen LogP contribution in [-0.2, 0) is 9.59 Å². The van der Waals surface area contributed by atoms with Crippen LogP contribution in [-0.4, -0.2) is 80.4 Å². The molecule has 0 aromatic heterocycles. The Kier molecular flexibility index (Phi) is 9.78. The highest BCUT2D eigenvalue weighted by Crippen LogP contribution is 2.31. The molecule has 1 saturated heterocycles. The van der Waals surface area contributed by atoms with Gasteiger partial charge in [-0.2, -0.15) is 0 Å². The van der Waals surface area contributed by atoms with E-state index in [2.05, 4.69) is 36.8 Å². The van der Waals surface area contributed by atoms with Crippen molar-refractivity contribution in [2.75, 3.05) is 58.2 Å². The van der Waals surface area contributed by atoms with E-state index in [4.69, 9.17) is 0 Å². The minimum Gasteiger partial charge on any atom is -0.356 e. The summed E-state index contributed by atoms with van der Waals surface area (Å²) < 4.78 is 0. The highest BCUT2D eigenvalue weighted by atomic mass is 127. The van der Waals surface area contributed by atoms with E-state index >= 15 is 0 Å². The zero-order valence-corrected chi connectivity index (χ0v) is 21.8. The van der Waals surface area contributed by atoms with Gasteiger partial charge in [-0.25, -0.2) is 0 Å². The van der Waals surface area contributed by atoms with E-state index in [1.165, 1.54) is 18.4 Å². The number of guanidine groups is 1. The Hall–Kier alpha value is -1.88. The first-order valence-electron chi connectivity index (χ1n) is 12.0. The third-order valence-corrected chi connectivity index (χ3v) is 6.95. The summed E-state index contributed by atoms with van der Waals surface area (Å²) in [5.41, 5.74) is 2.07. The Morgan fingerprint density at radius 2 is 1.85 bits per heavy atom. The number of amides is 2. The van der Waals surface area contributed by atoms with Crippen molar-refractivity contribution in [3.63, 3.8) is 0 Å². The Labute approximate surface area is 214 Å². The maximum absolute atomic E-state index is 12.6. The van der Waals surface area contributed by atoms with Crippen molar-refractivity contribution in [3.05, 3.63) is 29.8 Å². The molecule has 33 heavy (non-hydrogen) atoms. The Balaban J connectivity index is 0.00000306. The molecule has 1 aliphatic carbocycles. The lowest BCUT2D eigenvalue weighted by molar-refractivity contribution is -0.137. The standard InChI is InChI=1S/C24H36N6O2.HI/c1-25-24(27-17-19-16-22(31)28-21-9-5-4-8-20(19)21)26-10-11-29-12-14-30(15-13-29)23(32)18-6-2-3-7-18;/h4-5,8-9,18-19H,2-3,6-7,10-17H2,1H3,(H,28,31)(H2,25,26,27);1H. The molecule has 4 rings (SSSR count). The molecule has 1 unspecified atom stereocenters. The SMILES string of the molecule is CN=C(NCCN1CCN(C(=O)C2CCCC2)CC1)NCC1CC(=O)Nc2ccccc21.I. The number of fused-ring (bicyclic) bond motifs is 1. The van der Waals surface area contributed by atoms with Crippen LogP contribution in [0.5, 0.6) is 0 Å². The van der Waals surface area contributed by atoms with Gasteiger partial charge in [0, 0.05) is 76.8 Å². The van der Waals surface area contributed by atoms with E-state index in [1.54, 1.807) is 7.05 Å². The molecule has 0 spiro atoms. The minimum atomic E-state index is 0. The van der Waals surface area contributed by atoms with Gasteiger partial charge in [0.25, 0.3) is 0 Å². The fraction of sp³-hybridized carbons (Fsp3) is 0.625. The molecule has 0 radical (unpaired) electrons. The molecule has 1 saturated carbocycles. The second-order valence-electron chi connectivity index (χ2n) is 9.06. The van der Waals surface area contributed by atoms with Crippen molar-refractivity contribution in [1.29, 1.82) is 0 Å². The van der Waals surface area contributed by atoms with Gasteiger partial charge in [0.15, 0.2) is 5.96 Å². The number of anilines is 1. The van der Waals surface area contributed by atoms with Gasteiger partial charge in [0.1, 0.15) is 0 Å². The summed E-state index contributed by atoms with van der Waals surface area (Å²) in [6, 6.07) is 7.99. The maximum Gasteiger partial charge on any atom is 0.225 e. The zero-order chi connectivity index (χ0) is 22.3. The monoisotopic (exact) mass is 568 g/mol. The molecular formula is C24H37IN6O2. The Morgan fingerprint density at radius 1 is 1.12 bits per heavy atom.